The van der Waals surface area contributed by atoms with Crippen LogP contribution < -0.4 is 29.6 Å². The first-order chi connectivity index (χ1) is 15.0. The van der Waals surface area contributed by atoms with Crippen molar-refractivity contribution < 1.29 is 46.7 Å². The summed E-state index contributed by atoms with van der Waals surface area (Å²) in [4.78, 5) is 0. The molecule has 4 nitrogen and oxygen atoms in total. The van der Waals surface area contributed by atoms with Gasteiger partial charge >= 0.3 is 29.6 Å². The van der Waals surface area contributed by atoms with Crippen molar-refractivity contribution in [3.63, 3.8) is 0 Å². The van der Waals surface area contributed by atoms with E-state index in [1.54, 1.807) is 0 Å². The normalized spacial score (nSPS) is 12.6. The Bertz CT molecular complexity index is 457. The molecule has 0 aromatic rings. The Morgan fingerprint density at radius 1 is 0.562 bits per heavy atom. The summed E-state index contributed by atoms with van der Waals surface area (Å²) >= 11 is 0. The molecular formula is C26H53NaO4S. The van der Waals surface area contributed by atoms with Crippen LogP contribution in [0, 0.1) is 5.92 Å². The van der Waals surface area contributed by atoms with E-state index in [0.29, 0.717) is 0 Å². The SMILES string of the molecule is CCCCCCCCCCCCCC(CCCCCCCCCCC)COS(=O)(=O)[O-].[Na+]. The van der Waals surface area contributed by atoms with Gasteiger partial charge in [0.15, 0.2) is 0 Å². The molecule has 0 aliphatic carbocycles. The molecule has 0 saturated carbocycles. The zero-order valence-corrected chi connectivity index (χ0v) is 24.7. The first-order valence-electron chi connectivity index (χ1n) is 13.6. The predicted molar refractivity (Wildman–Crippen MR) is 132 cm³/mol. The number of hydrogen-bond acceptors (Lipinski definition) is 4. The second-order valence-corrected chi connectivity index (χ2v) is 10.6. The van der Waals surface area contributed by atoms with E-state index in [-0.39, 0.29) is 42.1 Å². The van der Waals surface area contributed by atoms with Gasteiger partial charge in [-0.1, -0.05) is 142 Å². The molecule has 0 aromatic carbocycles. The molecule has 1 atom stereocenters. The Morgan fingerprint density at radius 3 is 1.12 bits per heavy atom. The van der Waals surface area contributed by atoms with Crippen molar-refractivity contribution >= 4 is 10.4 Å². The molecule has 0 saturated heterocycles. The Kier molecular flexibility index (Phi) is 29.0. The average molecular weight is 485 g/mol. The molecule has 0 rings (SSSR count). The number of unbranched alkanes of at least 4 members (excludes halogenated alkanes) is 18. The van der Waals surface area contributed by atoms with Gasteiger partial charge in [-0.05, 0) is 18.8 Å². The van der Waals surface area contributed by atoms with Crippen molar-refractivity contribution in [2.24, 2.45) is 5.92 Å². The summed E-state index contributed by atoms with van der Waals surface area (Å²) < 4.78 is 37.1. The minimum Gasteiger partial charge on any atom is -0.726 e. The minimum absolute atomic E-state index is 0. The third-order valence-electron chi connectivity index (χ3n) is 6.38. The molecule has 0 bridgehead atoms. The van der Waals surface area contributed by atoms with Crippen molar-refractivity contribution in [1.82, 2.24) is 0 Å². The predicted octanol–water partition coefficient (Wildman–Crippen LogP) is 5.71. The van der Waals surface area contributed by atoms with Crippen LogP contribution in [0.4, 0.5) is 0 Å². The van der Waals surface area contributed by atoms with Gasteiger partial charge in [0.2, 0.25) is 10.4 Å². The second kappa shape index (κ2) is 26.5. The van der Waals surface area contributed by atoms with Crippen LogP contribution in [0.5, 0.6) is 0 Å². The fourth-order valence-electron chi connectivity index (χ4n) is 4.33. The molecule has 0 fully saturated rings. The molecular weight excluding hydrogens is 431 g/mol. The minimum atomic E-state index is -4.57. The van der Waals surface area contributed by atoms with Crippen molar-refractivity contribution in [2.45, 2.75) is 155 Å². The van der Waals surface area contributed by atoms with Crippen LogP contribution in [-0.4, -0.2) is 19.6 Å². The summed E-state index contributed by atoms with van der Waals surface area (Å²) in [5, 5.41) is 0. The van der Waals surface area contributed by atoms with Gasteiger partial charge in [0.1, 0.15) is 0 Å². The molecule has 32 heavy (non-hydrogen) atoms. The standard InChI is InChI=1S/C26H54O4S.Na/c1-3-5-7-9-11-13-14-16-18-20-22-24-26(25-30-31(27,28)29)23-21-19-17-15-12-10-8-6-4-2;/h26H,3-25H2,1-2H3,(H,27,28,29);/q;+1/p-1. The summed E-state index contributed by atoms with van der Waals surface area (Å²) in [5.41, 5.74) is 0. The van der Waals surface area contributed by atoms with Crippen molar-refractivity contribution in [3.05, 3.63) is 0 Å². The molecule has 0 radical (unpaired) electrons. The van der Waals surface area contributed by atoms with Crippen LogP contribution >= 0.6 is 0 Å². The molecule has 0 N–H and O–H groups in total. The van der Waals surface area contributed by atoms with E-state index in [0.717, 1.165) is 25.7 Å². The van der Waals surface area contributed by atoms with Crippen LogP contribution in [0.3, 0.4) is 0 Å². The molecule has 188 valence electrons. The van der Waals surface area contributed by atoms with Crippen LogP contribution in [0.2, 0.25) is 0 Å². The van der Waals surface area contributed by atoms with E-state index in [1.165, 1.54) is 116 Å². The Balaban J connectivity index is 0. The van der Waals surface area contributed by atoms with Crippen LogP contribution in [0.1, 0.15) is 155 Å². The fourth-order valence-corrected chi connectivity index (χ4v) is 4.69. The van der Waals surface area contributed by atoms with Gasteiger partial charge in [-0.3, -0.25) is 4.18 Å². The molecule has 0 aliphatic heterocycles. The van der Waals surface area contributed by atoms with Gasteiger partial charge in [-0.2, -0.15) is 0 Å². The maximum Gasteiger partial charge on any atom is 1.00 e. The van der Waals surface area contributed by atoms with E-state index >= 15 is 0 Å². The van der Waals surface area contributed by atoms with Crippen molar-refractivity contribution in [2.75, 3.05) is 6.61 Å². The Morgan fingerprint density at radius 2 is 0.844 bits per heavy atom. The first kappa shape index (κ1) is 35.0. The molecule has 0 spiro atoms. The largest absolute Gasteiger partial charge is 1.00 e. The second-order valence-electron chi connectivity index (χ2n) is 9.50. The van der Waals surface area contributed by atoms with E-state index in [4.69, 9.17) is 0 Å². The molecule has 0 heterocycles. The number of hydrogen-bond donors (Lipinski definition) is 0. The molecule has 0 amide bonds. The van der Waals surface area contributed by atoms with Gasteiger partial charge in [-0.25, -0.2) is 8.42 Å². The summed E-state index contributed by atoms with van der Waals surface area (Å²) in [6.07, 6.45) is 27.9. The number of rotatable bonds is 25. The quantitative estimate of drug-likeness (QED) is 0.0721. The van der Waals surface area contributed by atoms with E-state index < -0.39 is 10.4 Å². The monoisotopic (exact) mass is 484 g/mol. The smallest absolute Gasteiger partial charge is 0.726 e. The molecule has 0 aromatic heterocycles. The average Bonchev–Trinajstić information content (AvgIpc) is 2.73. The van der Waals surface area contributed by atoms with Crippen molar-refractivity contribution in [1.29, 1.82) is 0 Å². The van der Waals surface area contributed by atoms with Gasteiger partial charge in [-0.15, -0.1) is 0 Å². The zero-order chi connectivity index (χ0) is 23.0. The summed E-state index contributed by atoms with van der Waals surface area (Å²) in [7, 11) is -4.57. The summed E-state index contributed by atoms with van der Waals surface area (Å²) in [6, 6.07) is 0. The van der Waals surface area contributed by atoms with E-state index in [1.807, 2.05) is 0 Å². The zero-order valence-electron chi connectivity index (χ0n) is 21.9. The van der Waals surface area contributed by atoms with Gasteiger partial charge in [0.05, 0.1) is 6.61 Å². The van der Waals surface area contributed by atoms with Crippen molar-refractivity contribution in [3.8, 4) is 0 Å². The first-order valence-corrected chi connectivity index (χ1v) is 14.9. The fraction of sp³-hybridized carbons (Fsp3) is 1.00. The molecule has 1 unspecified atom stereocenters. The topological polar surface area (TPSA) is 66.4 Å². The third kappa shape index (κ3) is 28.9. The molecule has 6 heteroatoms. The Hall–Kier alpha value is 0.870. The maximum atomic E-state index is 10.8. The third-order valence-corrected chi connectivity index (χ3v) is 6.80. The molecule has 0 aliphatic rings. The Labute approximate surface area is 223 Å². The van der Waals surface area contributed by atoms with Gasteiger partial charge < -0.3 is 4.55 Å². The maximum absolute atomic E-state index is 10.8. The summed E-state index contributed by atoms with van der Waals surface area (Å²) in [6.45, 7) is 4.57. The van der Waals surface area contributed by atoms with Gasteiger partial charge in [0.25, 0.3) is 0 Å². The van der Waals surface area contributed by atoms with E-state index in [9.17, 15) is 13.0 Å². The summed E-state index contributed by atoms with van der Waals surface area (Å²) in [5.74, 6) is 0.201. The van der Waals surface area contributed by atoms with Crippen LogP contribution in [0.15, 0.2) is 0 Å². The van der Waals surface area contributed by atoms with Gasteiger partial charge in [0, 0.05) is 0 Å². The van der Waals surface area contributed by atoms with E-state index in [2.05, 4.69) is 18.0 Å². The van der Waals surface area contributed by atoms with Crippen LogP contribution in [-0.2, 0) is 14.6 Å². The van der Waals surface area contributed by atoms with Crippen LogP contribution in [0.25, 0.3) is 0 Å².